The van der Waals surface area contributed by atoms with Gasteiger partial charge in [0.2, 0.25) is 0 Å². The average Bonchev–Trinajstić information content (AvgIpc) is 3.27. The van der Waals surface area contributed by atoms with Crippen LogP contribution in [-0.2, 0) is 0 Å². The molecule has 2 heterocycles. The summed E-state index contributed by atoms with van der Waals surface area (Å²) in [5.41, 5.74) is 0.758. The molecule has 1 spiro atoms. The highest BCUT2D eigenvalue weighted by atomic mass is 16.5. The van der Waals surface area contributed by atoms with Gasteiger partial charge in [0.1, 0.15) is 23.7 Å². The molecule has 2 aliphatic carbocycles. The Hall–Kier alpha value is -2.57. The van der Waals surface area contributed by atoms with Gasteiger partial charge in [-0.25, -0.2) is 0 Å². The molecule has 3 fully saturated rings. The van der Waals surface area contributed by atoms with Crippen LogP contribution in [0.1, 0.15) is 60.2 Å². The first kappa shape index (κ1) is 17.5. The number of likely N-dealkylation sites (tertiary alicyclic amines) is 1. The Morgan fingerprint density at radius 2 is 1.86 bits per heavy atom. The van der Waals surface area contributed by atoms with Crippen LogP contribution in [0.25, 0.3) is 0 Å². The maximum atomic E-state index is 13.3. The topological polar surface area (TPSA) is 69.5 Å². The molecule has 1 aromatic heterocycles. The van der Waals surface area contributed by atoms with Crippen LogP contribution in [0.5, 0.6) is 11.5 Å². The van der Waals surface area contributed by atoms with Crippen LogP contribution in [0.2, 0.25) is 0 Å². The SMILES string of the molecule is COc1cc(OC)cc(C(=O)N2CC(c3nncn3C3CC3)C3(CCC3)C2)c1. The molecule has 1 atom stereocenters. The van der Waals surface area contributed by atoms with E-state index in [1.165, 1.54) is 19.3 Å². The van der Waals surface area contributed by atoms with Crippen LogP contribution in [0.15, 0.2) is 24.5 Å². The third-order valence-corrected chi connectivity index (χ3v) is 6.74. The zero-order valence-corrected chi connectivity index (χ0v) is 16.4. The van der Waals surface area contributed by atoms with Gasteiger partial charge in [0, 0.05) is 36.7 Å². The summed E-state index contributed by atoms with van der Waals surface area (Å²) in [4.78, 5) is 15.3. The summed E-state index contributed by atoms with van der Waals surface area (Å²) in [5, 5.41) is 8.69. The van der Waals surface area contributed by atoms with E-state index in [1.54, 1.807) is 32.4 Å². The Labute approximate surface area is 164 Å². The van der Waals surface area contributed by atoms with Crippen molar-refractivity contribution in [3.05, 3.63) is 35.9 Å². The second kappa shape index (κ2) is 6.50. The molecule has 1 amide bonds. The van der Waals surface area contributed by atoms with Crippen molar-refractivity contribution in [1.82, 2.24) is 19.7 Å². The summed E-state index contributed by atoms with van der Waals surface area (Å²) in [5.74, 6) is 2.63. The van der Waals surface area contributed by atoms with Gasteiger partial charge in [-0.1, -0.05) is 6.42 Å². The van der Waals surface area contributed by atoms with Crippen molar-refractivity contribution < 1.29 is 14.3 Å². The molecule has 1 aliphatic heterocycles. The molecule has 7 heteroatoms. The Morgan fingerprint density at radius 1 is 1.14 bits per heavy atom. The molecular weight excluding hydrogens is 356 g/mol. The minimum absolute atomic E-state index is 0.0310. The number of ether oxygens (including phenoxy) is 2. The molecular formula is C21H26N4O3. The van der Waals surface area contributed by atoms with Gasteiger partial charge in [-0.05, 0) is 43.2 Å². The molecule has 28 heavy (non-hydrogen) atoms. The van der Waals surface area contributed by atoms with E-state index in [0.717, 1.165) is 25.2 Å². The third-order valence-electron chi connectivity index (χ3n) is 6.74. The Balaban J connectivity index is 1.44. The molecule has 0 radical (unpaired) electrons. The highest BCUT2D eigenvalue weighted by molar-refractivity contribution is 5.95. The first-order valence-electron chi connectivity index (χ1n) is 10.1. The number of methoxy groups -OCH3 is 2. The quantitative estimate of drug-likeness (QED) is 0.795. The first-order valence-corrected chi connectivity index (χ1v) is 10.1. The van der Waals surface area contributed by atoms with Gasteiger partial charge in [0.05, 0.1) is 14.2 Å². The van der Waals surface area contributed by atoms with Crippen LogP contribution >= 0.6 is 0 Å². The van der Waals surface area contributed by atoms with E-state index < -0.39 is 0 Å². The molecule has 1 aromatic carbocycles. The van der Waals surface area contributed by atoms with Gasteiger partial charge >= 0.3 is 0 Å². The largest absolute Gasteiger partial charge is 0.497 e. The van der Waals surface area contributed by atoms with Crippen molar-refractivity contribution in [1.29, 1.82) is 0 Å². The third kappa shape index (κ3) is 2.75. The zero-order valence-electron chi connectivity index (χ0n) is 16.4. The van der Waals surface area contributed by atoms with E-state index in [-0.39, 0.29) is 17.2 Å². The summed E-state index contributed by atoms with van der Waals surface area (Å²) in [6, 6.07) is 5.92. The lowest BCUT2D eigenvalue weighted by Gasteiger charge is -2.42. The summed E-state index contributed by atoms with van der Waals surface area (Å²) in [6.45, 7) is 1.48. The smallest absolute Gasteiger partial charge is 0.254 e. The van der Waals surface area contributed by atoms with Crippen LogP contribution < -0.4 is 9.47 Å². The fourth-order valence-electron chi connectivity index (χ4n) is 4.87. The number of hydrogen-bond donors (Lipinski definition) is 0. The predicted octanol–water partition coefficient (Wildman–Crippen LogP) is 3.04. The van der Waals surface area contributed by atoms with Gasteiger partial charge in [0.15, 0.2) is 0 Å². The Kier molecular flexibility index (Phi) is 4.07. The highest BCUT2D eigenvalue weighted by Gasteiger charge is 2.54. The number of rotatable bonds is 5. The van der Waals surface area contributed by atoms with Crippen molar-refractivity contribution in [2.75, 3.05) is 27.3 Å². The number of carbonyl (C=O) groups is 1. The molecule has 2 saturated carbocycles. The summed E-state index contributed by atoms with van der Waals surface area (Å²) >= 11 is 0. The van der Waals surface area contributed by atoms with Crippen LogP contribution in [-0.4, -0.2) is 52.9 Å². The van der Waals surface area contributed by atoms with Crippen molar-refractivity contribution in [2.45, 2.75) is 44.1 Å². The van der Waals surface area contributed by atoms with Gasteiger partial charge in [0.25, 0.3) is 5.91 Å². The number of hydrogen-bond acceptors (Lipinski definition) is 5. The number of amides is 1. The molecule has 7 nitrogen and oxygen atoms in total. The van der Waals surface area contributed by atoms with Crippen molar-refractivity contribution in [3.8, 4) is 11.5 Å². The lowest BCUT2D eigenvalue weighted by molar-refractivity contribution is 0.0722. The van der Waals surface area contributed by atoms with Crippen molar-refractivity contribution in [3.63, 3.8) is 0 Å². The monoisotopic (exact) mass is 382 g/mol. The fraction of sp³-hybridized carbons (Fsp3) is 0.571. The first-order chi connectivity index (χ1) is 13.6. The number of carbonyl (C=O) groups excluding carboxylic acids is 1. The van der Waals surface area contributed by atoms with E-state index in [1.807, 2.05) is 11.2 Å². The van der Waals surface area contributed by atoms with Crippen LogP contribution in [0.3, 0.4) is 0 Å². The van der Waals surface area contributed by atoms with E-state index in [9.17, 15) is 4.79 Å². The standard InChI is InChI=1S/C21H26N4O3/c1-27-16-8-14(9-17(10-16)28-2)20(26)24-11-18(21(12-24)6-3-7-21)19-23-22-13-25(19)15-4-5-15/h8-10,13,15,18H,3-7,11-12H2,1-2H3. The van der Waals surface area contributed by atoms with E-state index in [0.29, 0.717) is 29.6 Å². The van der Waals surface area contributed by atoms with Crippen LogP contribution in [0, 0.1) is 5.41 Å². The second-order valence-corrected chi connectivity index (χ2v) is 8.38. The zero-order chi connectivity index (χ0) is 19.3. The average molecular weight is 382 g/mol. The number of aromatic nitrogens is 3. The summed E-state index contributed by atoms with van der Waals surface area (Å²) < 4.78 is 12.9. The molecule has 2 aromatic rings. The van der Waals surface area contributed by atoms with E-state index >= 15 is 0 Å². The molecule has 0 bridgehead atoms. The molecule has 148 valence electrons. The molecule has 0 N–H and O–H groups in total. The number of benzene rings is 1. The Morgan fingerprint density at radius 3 is 2.43 bits per heavy atom. The van der Waals surface area contributed by atoms with E-state index in [4.69, 9.17) is 9.47 Å². The van der Waals surface area contributed by atoms with Gasteiger partial charge in [-0.15, -0.1) is 10.2 Å². The number of nitrogens with zero attached hydrogens (tertiary/aromatic N) is 4. The normalized spacial score (nSPS) is 22.9. The molecule has 1 saturated heterocycles. The van der Waals surface area contributed by atoms with Crippen molar-refractivity contribution >= 4 is 5.91 Å². The predicted molar refractivity (Wildman–Crippen MR) is 103 cm³/mol. The summed E-state index contributed by atoms with van der Waals surface area (Å²) in [6.07, 6.45) is 7.81. The highest BCUT2D eigenvalue weighted by Crippen LogP contribution is 2.56. The maximum absolute atomic E-state index is 13.3. The summed E-state index contributed by atoms with van der Waals surface area (Å²) in [7, 11) is 3.20. The lowest BCUT2D eigenvalue weighted by Crippen LogP contribution is -2.38. The minimum atomic E-state index is 0.0310. The maximum Gasteiger partial charge on any atom is 0.254 e. The lowest BCUT2D eigenvalue weighted by atomic mass is 9.62. The van der Waals surface area contributed by atoms with Gasteiger partial charge in [-0.2, -0.15) is 0 Å². The molecule has 5 rings (SSSR count). The van der Waals surface area contributed by atoms with E-state index in [2.05, 4.69) is 14.8 Å². The van der Waals surface area contributed by atoms with Gasteiger partial charge < -0.3 is 18.9 Å². The Bertz CT molecular complexity index is 879. The van der Waals surface area contributed by atoms with Gasteiger partial charge in [-0.3, -0.25) is 4.79 Å². The molecule has 1 unspecified atom stereocenters. The molecule has 3 aliphatic rings. The van der Waals surface area contributed by atoms with Crippen LogP contribution in [0.4, 0.5) is 0 Å². The fourth-order valence-corrected chi connectivity index (χ4v) is 4.87. The minimum Gasteiger partial charge on any atom is -0.497 e. The van der Waals surface area contributed by atoms with Crippen molar-refractivity contribution in [2.24, 2.45) is 5.41 Å². The second-order valence-electron chi connectivity index (χ2n) is 8.38.